The van der Waals surface area contributed by atoms with E-state index in [1.54, 1.807) is 17.1 Å². The molecule has 2 aromatic heterocycles. The number of anilines is 3. The lowest BCUT2D eigenvalue weighted by atomic mass is 10.2. The number of pyridine rings is 2. The molecule has 3 amide bonds. The van der Waals surface area contributed by atoms with E-state index >= 15 is 0 Å². The van der Waals surface area contributed by atoms with Gasteiger partial charge in [-0.1, -0.05) is 0 Å². The minimum absolute atomic E-state index is 0.0725. The predicted octanol–water partition coefficient (Wildman–Crippen LogP) is 1.22. The van der Waals surface area contributed by atoms with Gasteiger partial charge in [0.1, 0.15) is 24.2 Å². The van der Waals surface area contributed by atoms with Gasteiger partial charge >= 0.3 is 0 Å². The Morgan fingerprint density at radius 1 is 1.18 bits per heavy atom. The average Bonchev–Trinajstić information content (AvgIpc) is 3.17. The van der Waals surface area contributed by atoms with Crippen molar-refractivity contribution in [3.63, 3.8) is 0 Å². The van der Waals surface area contributed by atoms with Crippen molar-refractivity contribution in [1.82, 2.24) is 19.9 Å². The van der Waals surface area contributed by atoms with Crippen LogP contribution in [0.3, 0.4) is 0 Å². The first-order valence-electron chi connectivity index (χ1n) is 12.1. The summed E-state index contributed by atoms with van der Waals surface area (Å²) in [6.07, 6.45) is 5.64. The third kappa shape index (κ3) is 7.18. The van der Waals surface area contributed by atoms with Gasteiger partial charge in [0, 0.05) is 24.7 Å². The maximum Gasteiger partial charge on any atom is 0.274 e. The lowest BCUT2D eigenvalue weighted by molar-refractivity contribution is -0.138. The molecule has 13 nitrogen and oxygen atoms in total. The van der Waals surface area contributed by atoms with E-state index in [0.29, 0.717) is 23.5 Å². The molecule has 2 unspecified atom stereocenters. The molecule has 2 aliphatic heterocycles. The van der Waals surface area contributed by atoms with E-state index in [9.17, 15) is 22.8 Å². The van der Waals surface area contributed by atoms with Crippen molar-refractivity contribution in [3.8, 4) is 0 Å². The second-order valence-electron chi connectivity index (χ2n) is 9.02. The topological polar surface area (TPSA) is 168 Å². The molecule has 1 saturated heterocycles. The van der Waals surface area contributed by atoms with Crippen LogP contribution in [-0.2, 0) is 24.2 Å². The lowest BCUT2D eigenvalue weighted by Gasteiger charge is -2.33. The van der Waals surface area contributed by atoms with Crippen LogP contribution in [0.2, 0.25) is 0 Å². The third-order valence-corrected chi connectivity index (χ3v) is 8.07. The van der Waals surface area contributed by atoms with Crippen LogP contribution in [0.1, 0.15) is 16.9 Å². The molecule has 0 bridgehead atoms. The van der Waals surface area contributed by atoms with Gasteiger partial charge in [0.05, 0.1) is 47.4 Å². The molecule has 1 fully saturated rings. The number of alkyl halides is 2. The van der Waals surface area contributed by atoms with E-state index in [2.05, 4.69) is 15.3 Å². The molecule has 2 atom stereocenters. The number of rotatable bonds is 8. The van der Waals surface area contributed by atoms with E-state index in [-0.39, 0.29) is 43.0 Å². The van der Waals surface area contributed by atoms with Gasteiger partial charge in [0.25, 0.3) is 11.8 Å². The van der Waals surface area contributed by atoms with Gasteiger partial charge in [-0.2, -0.15) is 0 Å². The maximum absolute atomic E-state index is 12.7. The second-order valence-corrected chi connectivity index (χ2v) is 11.5. The number of nitrogens with one attached hydrogen (secondary N) is 1. The molecule has 3 N–H and O–H groups in total. The molecule has 4 rings (SSSR count). The van der Waals surface area contributed by atoms with Gasteiger partial charge in [0.15, 0.2) is 9.84 Å². The highest BCUT2D eigenvalue weighted by atomic mass is 35.5. The summed E-state index contributed by atoms with van der Waals surface area (Å²) >= 11 is 11.6. The monoisotopic (exact) mass is 611 g/mol. The Morgan fingerprint density at radius 3 is 2.60 bits per heavy atom. The number of nitrogens with two attached hydrogens (primary N) is 1. The largest absolute Gasteiger partial charge is 0.397 e. The zero-order chi connectivity index (χ0) is 28.9. The SMILES string of the molecule is Nc1cncc(NC(=O)c2ccc(N3CCC(CN(C(=O)CCl)C4C=CS(=O)(=O)C4)OCN3C(=O)CCl)cn2)c1. The summed E-state index contributed by atoms with van der Waals surface area (Å²) < 4.78 is 29.8. The van der Waals surface area contributed by atoms with Crippen molar-refractivity contribution in [1.29, 1.82) is 0 Å². The molecule has 214 valence electrons. The highest BCUT2D eigenvalue weighted by molar-refractivity contribution is 7.94. The predicted molar refractivity (Wildman–Crippen MR) is 149 cm³/mol. The van der Waals surface area contributed by atoms with Crippen molar-refractivity contribution < 1.29 is 27.5 Å². The molecule has 16 heteroatoms. The Kier molecular flexibility index (Phi) is 9.45. The van der Waals surface area contributed by atoms with Crippen LogP contribution in [0, 0.1) is 0 Å². The molecule has 0 spiro atoms. The van der Waals surface area contributed by atoms with E-state index in [4.69, 9.17) is 33.7 Å². The van der Waals surface area contributed by atoms with Crippen molar-refractivity contribution in [2.45, 2.75) is 18.6 Å². The zero-order valence-electron chi connectivity index (χ0n) is 21.2. The Balaban J connectivity index is 1.48. The first kappa shape index (κ1) is 29.5. The molecule has 0 aromatic carbocycles. The van der Waals surface area contributed by atoms with Gasteiger partial charge in [0.2, 0.25) is 5.91 Å². The van der Waals surface area contributed by atoms with Crippen molar-refractivity contribution in [2.24, 2.45) is 0 Å². The highest BCUT2D eigenvalue weighted by Crippen LogP contribution is 2.23. The van der Waals surface area contributed by atoms with Crippen LogP contribution in [0.15, 0.2) is 48.3 Å². The molecule has 0 radical (unpaired) electrons. The van der Waals surface area contributed by atoms with E-state index in [0.717, 1.165) is 5.41 Å². The minimum Gasteiger partial charge on any atom is -0.397 e. The molecule has 2 aliphatic rings. The second kappa shape index (κ2) is 12.8. The Morgan fingerprint density at radius 2 is 1.98 bits per heavy atom. The number of halogens is 2. The summed E-state index contributed by atoms with van der Waals surface area (Å²) in [5, 5.41) is 6.70. The summed E-state index contributed by atoms with van der Waals surface area (Å²) in [6, 6.07) is 4.04. The Labute approximate surface area is 240 Å². The zero-order valence-corrected chi connectivity index (χ0v) is 23.5. The molecule has 0 saturated carbocycles. The number of aromatic nitrogens is 2. The van der Waals surface area contributed by atoms with Gasteiger partial charge in [-0.05, 0) is 30.7 Å². The smallest absolute Gasteiger partial charge is 0.274 e. The number of hydrazine groups is 1. The van der Waals surface area contributed by atoms with Crippen LogP contribution >= 0.6 is 23.2 Å². The van der Waals surface area contributed by atoms with Gasteiger partial charge in [-0.15, -0.1) is 23.2 Å². The number of nitrogen functional groups attached to an aromatic ring is 1. The van der Waals surface area contributed by atoms with Crippen LogP contribution in [0.25, 0.3) is 0 Å². The van der Waals surface area contributed by atoms with Gasteiger partial charge < -0.3 is 20.7 Å². The van der Waals surface area contributed by atoms with Crippen LogP contribution in [-0.4, -0.2) is 95.5 Å². The number of sulfone groups is 1. The summed E-state index contributed by atoms with van der Waals surface area (Å²) in [7, 11) is -3.41. The van der Waals surface area contributed by atoms with E-state index in [1.807, 2.05) is 0 Å². The summed E-state index contributed by atoms with van der Waals surface area (Å²) in [4.78, 5) is 47.4. The summed E-state index contributed by atoms with van der Waals surface area (Å²) in [5.74, 6) is -2.20. The molecular formula is C24H27Cl2N7O6S. The number of carbonyl (C=O) groups is 3. The number of amides is 3. The minimum atomic E-state index is -3.41. The van der Waals surface area contributed by atoms with Crippen molar-refractivity contribution >= 4 is 67.8 Å². The standard InChI is InChI=1S/C24H27Cl2N7O6S/c25-8-22(34)31(19-4-6-40(37,38)14-19)13-20-3-5-32(33(15-39-20)23(35)9-26)18-1-2-21(29-12-18)24(36)30-17-7-16(27)10-28-11-17/h1-2,4,6-7,10-12,19-20H,3,5,8-9,13-15,27H2,(H,30,36). The fraction of sp³-hybridized carbons (Fsp3) is 0.375. The lowest BCUT2D eigenvalue weighted by Crippen LogP contribution is -2.47. The summed E-state index contributed by atoms with van der Waals surface area (Å²) in [5.41, 5.74) is 7.14. The first-order chi connectivity index (χ1) is 19.1. The van der Waals surface area contributed by atoms with Crippen LogP contribution < -0.4 is 16.1 Å². The molecule has 0 aliphatic carbocycles. The van der Waals surface area contributed by atoms with Crippen LogP contribution in [0.5, 0.6) is 0 Å². The van der Waals surface area contributed by atoms with Crippen molar-refractivity contribution in [2.75, 3.05) is 53.4 Å². The number of nitrogens with zero attached hydrogens (tertiary/aromatic N) is 5. The summed E-state index contributed by atoms with van der Waals surface area (Å²) in [6.45, 7) is 0.169. The van der Waals surface area contributed by atoms with E-state index < -0.39 is 39.7 Å². The maximum atomic E-state index is 12.7. The number of hydrogen-bond acceptors (Lipinski definition) is 10. The first-order valence-corrected chi connectivity index (χ1v) is 14.9. The fourth-order valence-corrected chi connectivity index (χ4v) is 5.86. The van der Waals surface area contributed by atoms with Crippen molar-refractivity contribution in [3.05, 3.63) is 54.0 Å². The molecule has 2 aromatic rings. The average molecular weight is 612 g/mol. The fourth-order valence-electron chi connectivity index (χ4n) is 4.27. The number of ether oxygens (including phenoxy) is 1. The Bertz CT molecular complexity index is 1390. The molecule has 40 heavy (non-hydrogen) atoms. The highest BCUT2D eigenvalue weighted by Gasteiger charge is 2.34. The number of carbonyl (C=O) groups excluding carboxylic acids is 3. The van der Waals surface area contributed by atoms with Crippen LogP contribution in [0.4, 0.5) is 17.1 Å². The third-order valence-electron chi connectivity index (χ3n) is 6.23. The van der Waals surface area contributed by atoms with E-state index in [1.165, 1.54) is 40.6 Å². The molecular weight excluding hydrogens is 585 g/mol. The normalized spacial score (nSPS) is 20.1. The number of hydrogen-bond donors (Lipinski definition) is 2. The van der Waals surface area contributed by atoms with Gasteiger partial charge in [-0.25, -0.2) is 18.4 Å². The van der Waals surface area contributed by atoms with Gasteiger partial charge in [-0.3, -0.25) is 24.4 Å². The Hall–Kier alpha value is -3.46. The quantitative estimate of drug-likeness (QED) is 0.414. The molecule has 4 heterocycles.